The molecule has 0 aromatic heterocycles. The number of nitrogens with two attached hydrogens (primary N) is 1. The lowest BCUT2D eigenvalue weighted by Gasteiger charge is -2.21. The molecule has 88 valence electrons. The Hall–Kier alpha value is -0.890. The summed E-state index contributed by atoms with van der Waals surface area (Å²) in [5.74, 6) is 1.18. The van der Waals surface area contributed by atoms with Gasteiger partial charge in [0.25, 0.3) is 0 Å². The quantitative estimate of drug-likeness (QED) is 0.811. The van der Waals surface area contributed by atoms with E-state index in [0.29, 0.717) is 5.92 Å². The van der Waals surface area contributed by atoms with E-state index < -0.39 is 0 Å². The molecule has 2 N–H and O–H groups in total. The zero-order valence-electron chi connectivity index (χ0n) is 10.0. The third-order valence-electron chi connectivity index (χ3n) is 3.83. The molecule has 0 bridgehead atoms. The normalized spacial score (nSPS) is 27.0. The van der Waals surface area contributed by atoms with Crippen molar-refractivity contribution in [1.82, 2.24) is 0 Å². The number of rotatable bonds is 2. The predicted molar refractivity (Wildman–Crippen MR) is 64.6 cm³/mol. The molecule has 16 heavy (non-hydrogen) atoms. The maximum atomic E-state index is 13.0. The Morgan fingerprint density at radius 2 is 2.12 bits per heavy atom. The van der Waals surface area contributed by atoms with E-state index in [1.807, 2.05) is 13.0 Å². The lowest BCUT2D eigenvalue weighted by Crippen LogP contribution is -2.20. The fourth-order valence-electron chi connectivity index (χ4n) is 2.84. The molecular weight excluding hydrogens is 201 g/mol. The Morgan fingerprint density at radius 3 is 2.69 bits per heavy atom. The molecule has 1 aromatic rings. The highest BCUT2D eigenvalue weighted by Gasteiger charge is 2.28. The monoisotopic (exact) mass is 221 g/mol. The van der Waals surface area contributed by atoms with E-state index in [0.717, 1.165) is 17.0 Å². The third-order valence-corrected chi connectivity index (χ3v) is 3.83. The van der Waals surface area contributed by atoms with Crippen molar-refractivity contribution in [2.24, 2.45) is 17.6 Å². The van der Waals surface area contributed by atoms with Crippen LogP contribution in [0.1, 0.15) is 43.4 Å². The molecule has 0 aliphatic heterocycles. The second-order valence-electron chi connectivity index (χ2n) is 5.20. The summed E-state index contributed by atoms with van der Waals surface area (Å²) in [6.07, 6.45) is 3.69. The molecule has 0 spiro atoms. The van der Waals surface area contributed by atoms with Crippen LogP contribution in [-0.2, 0) is 0 Å². The van der Waals surface area contributed by atoms with Gasteiger partial charge in [0.15, 0.2) is 0 Å². The molecule has 1 aliphatic carbocycles. The highest BCUT2D eigenvalue weighted by molar-refractivity contribution is 5.29. The van der Waals surface area contributed by atoms with Crippen molar-refractivity contribution >= 4 is 0 Å². The van der Waals surface area contributed by atoms with Gasteiger partial charge in [-0.25, -0.2) is 4.39 Å². The minimum atomic E-state index is -0.173. The molecule has 1 aromatic carbocycles. The van der Waals surface area contributed by atoms with E-state index in [9.17, 15) is 4.39 Å². The van der Waals surface area contributed by atoms with Crippen LogP contribution in [-0.4, -0.2) is 0 Å². The van der Waals surface area contributed by atoms with Crippen LogP contribution in [0.15, 0.2) is 18.2 Å². The molecule has 1 aliphatic rings. The maximum absolute atomic E-state index is 13.0. The second-order valence-corrected chi connectivity index (χ2v) is 5.20. The fraction of sp³-hybridized carbons (Fsp3) is 0.571. The van der Waals surface area contributed by atoms with Crippen molar-refractivity contribution in [1.29, 1.82) is 0 Å². The van der Waals surface area contributed by atoms with Crippen molar-refractivity contribution in [3.05, 3.63) is 35.1 Å². The van der Waals surface area contributed by atoms with Crippen molar-refractivity contribution in [2.45, 2.75) is 39.2 Å². The molecule has 3 atom stereocenters. The largest absolute Gasteiger partial charge is 0.324 e. The summed E-state index contributed by atoms with van der Waals surface area (Å²) in [5, 5.41) is 0. The van der Waals surface area contributed by atoms with Crippen LogP contribution in [0.5, 0.6) is 0 Å². The van der Waals surface area contributed by atoms with E-state index >= 15 is 0 Å². The van der Waals surface area contributed by atoms with E-state index in [-0.39, 0.29) is 11.9 Å². The molecule has 1 saturated carbocycles. The van der Waals surface area contributed by atoms with Gasteiger partial charge in [-0.05, 0) is 54.9 Å². The van der Waals surface area contributed by atoms with E-state index in [1.165, 1.54) is 25.3 Å². The lowest BCUT2D eigenvalue weighted by molar-refractivity contribution is 0.427. The maximum Gasteiger partial charge on any atom is 0.123 e. The first-order valence-electron chi connectivity index (χ1n) is 6.09. The molecule has 0 amide bonds. The van der Waals surface area contributed by atoms with E-state index in [2.05, 4.69) is 6.92 Å². The minimum Gasteiger partial charge on any atom is -0.324 e. The van der Waals surface area contributed by atoms with Crippen molar-refractivity contribution in [3.63, 3.8) is 0 Å². The minimum absolute atomic E-state index is 0.0746. The standard InChI is InChI=1S/C14H20FN/c1-9-3-4-11(7-9)14(16)13-6-5-12(15)8-10(13)2/h5-6,8-9,11,14H,3-4,7,16H2,1-2H3. The van der Waals surface area contributed by atoms with Crippen LogP contribution in [0.4, 0.5) is 4.39 Å². The van der Waals surface area contributed by atoms with Gasteiger partial charge in [0, 0.05) is 6.04 Å². The van der Waals surface area contributed by atoms with Gasteiger partial charge < -0.3 is 5.73 Å². The summed E-state index contributed by atoms with van der Waals surface area (Å²) < 4.78 is 13.0. The number of benzene rings is 1. The number of hydrogen-bond acceptors (Lipinski definition) is 1. The molecule has 1 fully saturated rings. The first-order valence-corrected chi connectivity index (χ1v) is 6.09. The van der Waals surface area contributed by atoms with Gasteiger partial charge >= 0.3 is 0 Å². The van der Waals surface area contributed by atoms with Crippen LogP contribution < -0.4 is 5.73 Å². The Morgan fingerprint density at radius 1 is 1.38 bits per heavy atom. The molecule has 0 radical (unpaired) electrons. The van der Waals surface area contributed by atoms with Gasteiger partial charge in [0.1, 0.15) is 5.82 Å². The van der Waals surface area contributed by atoms with Gasteiger partial charge in [-0.3, -0.25) is 0 Å². The summed E-state index contributed by atoms with van der Waals surface area (Å²) in [6, 6.07) is 5.01. The fourth-order valence-corrected chi connectivity index (χ4v) is 2.84. The molecular formula is C14H20FN. The summed E-state index contributed by atoms with van der Waals surface area (Å²) >= 11 is 0. The highest BCUT2D eigenvalue weighted by atomic mass is 19.1. The van der Waals surface area contributed by atoms with Gasteiger partial charge in [-0.1, -0.05) is 19.4 Å². The predicted octanol–water partition coefficient (Wildman–Crippen LogP) is 3.57. The number of aryl methyl sites for hydroxylation is 1. The zero-order valence-corrected chi connectivity index (χ0v) is 10.0. The zero-order chi connectivity index (χ0) is 11.7. The third kappa shape index (κ3) is 2.27. The second kappa shape index (κ2) is 4.54. The molecule has 2 heteroatoms. The van der Waals surface area contributed by atoms with Crippen molar-refractivity contribution in [3.8, 4) is 0 Å². The van der Waals surface area contributed by atoms with Gasteiger partial charge in [0.2, 0.25) is 0 Å². The smallest absolute Gasteiger partial charge is 0.123 e. The summed E-state index contributed by atoms with van der Waals surface area (Å²) in [5.41, 5.74) is 8.38. The Labute approximate surface area is 96.9 Å². The first-order chi connectivity index (χ1) is 7.58. The molecule has 3 unspecified atom stereocenters. The van der Waals surface area contributed by atoms with Gasteiger partial charge in [-0.2, -0.15) is 0 Å². The van der Waals surface area contributed by atoms with Crippen LogP contribution in [0.2, 0.25) is 0 Å². The summed E-state index contributed by atoms with van der Waals surface area (Å²) in [7, 11) is 0. The van der Waals surface area contributed by atoms with Gasteiger partial charge in [0.05, 0.1) is 0 Å². The van der Waals surface area contributed by atoms with Gasteiger partial charge in [-0.15, -0.1) is 0 Å². The number of halogens is 1. The average Bonchev–Trinajstić information content (AvgIpc) is 2.64. The molecule has 0 saturated heterocycles. The average molecular weight is 221 g/mol. The molecule has 2 rings (SSSR count). The summed E-state index contributed by atoms with van der Waals surface area (Å²) in [4.78, 5) is 0. The molecule has 0 heterocycles. The Bertz CT molecular complexity index is 375. The van der Waals surface area contributed by atoms with Crippen molar-refractivity contribution in [2.75, 3.05) is 0 Å². The topological polar surface area (TPSA) is 26.0 Å². The van der Waals surface area contributed by atoms with E-state index in [4.69, 9.17) is 5.73 Å². The van der Waals surface area contributed by atoms with Crippen LogP contribution in [0, 0.1) is 24.6 Å². The Kier molecular flexibility index (Phi) is 3.29. The van der Waals surface area contributed by atoms with Crippen LogP contribution in [0.25, 0.3) is 0 Å². The first kappa shape index (κ1) is 11.6. The van der Waals surface area contributed by atoms with Crippen LogP contribution in [0.3, 0.4) is 0 Å². The summed E-state index contributed by atoms with van der Waals surface area (Å²) in [6.45, 7) is 4.22. The van der Waals surface area contributed by atoms with Crippen LogP contribution >= 0.6 is 0 Å². The SMILES string of the molecule is Cc1cc(F)ccc1C(N)C1CCC(C)C1. The molecule has 1 nitrogen and oxygen atoms in total. The lowest BCUT2D eigenvalue weighted by atomic mass is 9.89. The van der Waals surface area contributed by atoms with E-state index in [1.54, 1.807) is 6.07 Å². The Balaban J connectivity index is 2.17. The highest BCUT2D eigenvalue weighted by Crippen LogP contribution is 2.38. The number of hydrogen-bond donors (Lipinski definition) is 1. The van der Waals surface area contributed by atoms with Crippen molar-refractivity contribution < 1.29 is 4.39 Å².